The summed E-state index contributed by atoms with van der Waals surface area (Å²) >= 11 is 0. The van der Waals surface area contributed by atoms with Crippen molar-refractivity contribution in [3.63, 3.8) is 0 Å². The molecule has 3 heteroatoms. The van der Waals surface area contributed by atoms with Gasteiger partial charge in [-0.25, -0.2) is 0 Å². The molecule has 0 spiro atoms. The monoisotopic (exact) mass is 249 g/mol. The van der Waals surface area contributed by atoms with Crippen molar-refractivity contribution in [2.75, 3.05) is 13.1 Å². The highest BCUT2D eigenvalue weighted by atomic mass is 14.9. The average Bonchev–Trinajstić information content (AvgIpc) is 2.28. The van der Waals surface area contributed by atoms with Gasteiger partial charge in [0.05, 0.1) is 0 Å². The first-order valence-electron chi connectivity index (χ1n) is 6.99. The first-order valence-corrected chi connectivity index (χ1v) is 6.99. The molecule has 0 aliphatic carbocycles. The molecule has 0 aliphatic heterocycles. The topological polar surface area (TPSA) is 37.0 Å². The Morgan fingerprint density at radius 2 is 1.33 bits per heavy atom. The van der Waals surface area contributed by atoms with Crippen molar-refractivity contribution in [2.24, 2.45) is 0 Å². The molecule has 0 saturated carbocycles. The van der Waals surface area contributed by atoms with Gasteiger partial charge in [0, 0.05) is 49.4 Å². The molecule has 1 aromatic rings. The minimum absolute atomic E-state index is 0.545. The number of nitrogens with one attached hydrogen (secondary N) is 2. The summed E-state index contributed by atoms with van der Waals surface area (Å²) in [5.74, 6) is 0. The summed E-state index contributed by atoms with van der Waals surface area (Å²) in [6, 6.07) is 7.43. The van der Waals surface area contributed by atoms with E-state index in [0.29, 0.717) is 12.1 Å². The minimum Gasteiger partial charge on any atom is -0.314 e. The van der Waals surface area contributed by atoms with Crippen LogP contribution in [0.15, 0.2) is 18.2 Å². The molecular weight excluding hydrogens is 222 g/mol. The standard InChI is InChI=1S/C15H27N3/c1-12(2)16-10-8-14-6-5-7-15(18-14)9-11-17-13(3)4/h5-7,12-13,16-17H,8-11H2,1-4H3. The molecule has 0 aliphatic rings. The van der Waals surface area contributed by atoms with Crippen molar-refractivity contribution in [1.82, 2.24) is 15.6 Å². The second kappa shape index (κ2) is 8.22. The Morgan fingerprint density at radius 3 is 1.72 bits per heavy atom. The number of nitrogens with zero attached hydrogens (tertiary/aromatic N) is 1. The molecule has 0 bridgehead atoms. The predicted molar refractivity (Wildman–Crippen MR) is 77.9 cm³/mol. The van der Waals surface area contributed by atoms with Crippen molar-refractivity contribution in [3.05, 3.63) is 29.6 Å². The van der Waals surface area contributed by atoms with Gasteiger partial charge in [0.15, 0.2) is 0 Å². The van der Waals surface area contributed by atoms with Crippen LogP contribution < -0.4 is 10.6 Å². The van der Waals surface area contributed by atoms with E-state index in [9.17, 15) is 0 Å². The third-order valence-electron chi connectivity index (χ3n) is 2.73. The van der Waals surface area contributed by atoms with Crippen molar-refractivity contribution in [2.45, 2.75) is 52.6 Å². The van der Waals surface area contributed by atoms with Crippen LogP contribution in [0, 0.1) is 0 Å². The molecule has 18 heavy (non-hydrogen) atoms. The van der Waals surface area contributed by atoms with E-state index in [1.807, 2.05) is 0 Å². The van der Waals surface area contributed by atoms with Gasteiger partial charge in [-0.15, -0.1) is 0 Å². The number of rotatable bonds is 8. The van der Waals surface area contributed by atoms with E-state index in [1.165, 1.54) is 11.4 Å². The number of pyridine rings is 1. The molecular formula is C15H27N3. The molecule has 0 radical (unpaired) electrons. The largest absolute Gasteiger partial charge is 0.314 e. The summed E-state index contributed by atoms with van der Waals surface area (Å²) in [6.45, 7) is 10.7. The Hall–Kier alpha value is -0.930. The maximum Gasteiger partial charge on any atom is 0.0419 e. The van der Waals surface area contributed by atoms with Crippen LogP contribution in [-0.2, 0) is 12.8 Å². The fourth-order valence-electron chi connectivity index (χ4n) is 1.79. The molecule has 0 unspecified atom stereocenters. The Bertz CT molecular complexity index is 305. The van der Waals surface area contributed by atoms with Gasteiger partial charge in [0.25, 0.3) is 0 Å². The molecule has 3 nitrogen and oxygen atoms in total. The summed E-state index contributed by atoms with van der Waals surface area (Å²) in [7, 11) is 0. The number of aromatic nitrogens is 1. The molecule has 0 amide bonds. The minimum atomic E-state index is 0.545. The van der Waals surface area contributed by atoms with E-state index in [0.717, 1.165) is 25.9 Å². The summed E-state index contributed by atoms with van der Waals surface area (Å²) in [6.07, 6.45) is 2.01. The molecule has 0 atom stereocenters. The summed E-state index contributed by atoms with van der Waals surface area (Å²) in [4.78, 5) is 4.69. The lowest BCUT2D eigenvalue weighted by Gasteiger charge is -2.09. The van der Waals surface area contributed by atoms with E-state index >= 15 is 0 Å². The lowest BCUT2D eigenvalue weighted by Crippen LogP contribution is -2.26. The fraction of sp³-hybridized carbons (Fsp3) is 0.667. The highest BCUT2D eigenvalue weighted by Gasteiger charge is 2.00. The van der Waals surface area contributed by atoms with Crippen LogP contribution in [0.4, 0.5) is 0 Å². The highest BCUT2D eigenvalue weighted by molar-refractivity contribution is 5.12. The van der Waals surface area contributed by atoms with E-state index in [2.05, 4.69) is 61.5 Å². The van der Waals surface area contributed by atoms with Crippen LogP contribution in [0.25, 0.3) is 0 Å². The van der Waals surface area contributed by atoms with Crippen LogP contribution in [0.1, 0.15) is 39.1 Å². The van der Waals surface area contributed by atoms with Crippen molar-refractivity contribution in [3.8, 4) is 0 Å². The maximum absolute atomic E-state index is 4.69. The van der Waals surface area contributed by atoms with E-state index < -0.39 is 0 Å². The van der Waals surface area contributed by atoms with Gasteiger partial charge in [-0.2, -0.15) is 0 Å². The van der Waals surface area contributed by atoms with Gasteiger partial charge in [0.2, 0.25) is 0 Å². The van der Waals surface area contributed by atoms with Gasteiger partial charge in [-0.05, 0) is 12.1 Å². The van der Waals surface area contributed by atoms with E-state index in [-0.39, 0.29) is 0 Å². The SMILES string of the molecule is CC(C)NCCc1cccc(CCNC(C)C)n1. The van der Waals surface area contributed by atoms with Gasteiger partial charge < -0.3 is 10.6 Å². The molecule has 0 fully saturated rings. The quantitative estimate of drug-likeness (QED) is 0.741. The zero-order valence-corrected chi connectivity index (χ0v) is 12.2. The van der Waals surface area contributed by atoms with Crippen LogP contribution in [0.3, 0.4) is 0 Å². The van der Waals surface area contributed by atoms with Crippen LogP contribution in [0.2, 0.25) is 0 Å². The number of hydrogen-bond donors (Lipinski definition) is 2. The summed E-state index contributed by atoms with van der Waals surface area (Å²) in [5, 5.41) is 6.84. The second-order valence-electron chi connectivity index (χ2n) is 5.34. The third kappa shape index (κ3) is 6.72. The fourth-order valence-corrected chi connectivity index (χ4v) is 1.79. The smallest absolute Gasteiger partial charge is 0.0419 e. The Morgan fingerprint density at radius 1 is 0.889 bits per heavy atom. The van der Waals surface area contributed by atoms with Crippen molar-refractivity contribution >= 4 is 0 Å². The normalized spacial score (nSPS) is 11.4. The summed E-state index contributed by atoms with van der Waals surface area (Å²) in [5.41, 5.74) is 2.37. The van der Waals surface area contributed by atoms with Gasteiger partial charge >= 0.3 is 0 Å². The summed E-state index contributed by atoms with van der Waals surface area (Å²) < 4.78 is 0. The van der Waals surface area contributed by atoms with Crippen LogP contribution >= 0.6 is 0 Å². The zero-order chi connectivity index (χ0) is 13.4. The zero-order valence-electron chi connectivity index (χ0n) is 12.2. The predicted octanol–water partition coefficient (Wildman–Crippen LogP) is 2.16. The lowest BCUT2D eigenvalue weighted by molar-refractivity contribution is 0.580. The van der Waals surface area contributed by atoms with Gasteiger partial charge in [0.1, 0.15) is 0 Å². The lowest BCUT2D eigenvalue weighted by atomic mass is 10.2. The maximum atomic E-state index is 4.69. The Labute approximate surface area is 111 Å². The van der Waals surface area contributed by atoms with Gasteiger partial charge in [-0.1, -0.05) is 33.8 Å². The van der Waals surface area contributed by atoms with Crippen LogP contribution in [-0.4, -0.2) is 30.2 Å². The van der Waals surface area contributed by atoms with Crippen LogP contribution in [0.5, 0.6) is 0 Å². The van der Waals surface area contributed by atoms with Crippen molar-refractivity contribution in [1.29, 1.82) is 0 Å². The average molecular weight is 249 g/mol. The Balaban J connectivity index is 2.36. The highest BCUT2D eigenvalue weighted by Crippen LogP contribution is 2.01. The molecule has 1 rings (SSSR count). The van der Waals surface area contributed by atoms with Crippen molar-refractivity contribution < 1.29 is 0 Å². The number of hydrogen-bond acceptors (Lipinski definition) is 3. The Kier molecular flexibility index (Phi) is 6.91. The molecule has 102 valence electrons. The molecule has 1 aromatic heterocycles. The first kappa shape index (κ1) is 15.1. The van der Waals surface area contributed by atoms with E-state index in [1.54, 1.807) is 0 Å². The third-order valence-corrected chi connectivity index (χ3v) is 2.73. The first-order chi connectivity index (χ1) is 8.58. The molecule has 1 heterocycles. The second-order valence-corrected chi connectivity index (χ2v) is 5.34. The molecule has 0 aromatic carbocycles. The van der Waals surface area contributed by atoms with E-state index in [4.69, 9.17) is 0 Å². The van der Waals surface area contributed by atoms with Gasteiger partial charge in [-0.3, -0.25) is 4.98 Å². The molecule has 0 saturated heterocycles. The molecule has 2 N–H and O–H groups in total.